The predicted molar refractivity (Wildman–Crippen MR) is 118 cm³/mol. The molecule has 3 aromatic rings. The number of amides is 1. The monoisotopic (exact) mass is 428 g/mol. The third kappa shape index (κ3) is 3.10. The first-order valence-corrected chi connectivity index (χ1v) is 10.1. The molecule has 2 aliphatic heterocycles. The summed E-state index contributed by atoms with van der Waals surface area (Å²) in [6, 6.07) is 14.9. The van der Waals surface area contributed by atoms with Crippen LogP contribution in [0.1, 0.15) is 28.4 Å². The largest absolute Gasteiger partial charge is 0.507 e. The van der Waals surface area contributed by atoms with Gasteiger partial charge in [0.2, 0.25) is 6.79 Å². The van der Waals surface area contributed by atoms with E-state index in [0.717, 1.165) is 11.1 Å². The number of aromatic nitrogens is 1. The third-order valence-corrected chi connectivity index (χ3v) is 5.67. The Balaban J connectivity index is 1.71. The second kappa shape index (κ2) is 7.53. The highest BCUT2D eigenvalue weighted by molar-refractivity contribution is 6.51. The van der Waals surface area contributed by atoms with Crippen molar-refractivity contribution in [3.8, 4) is 11.5 Å². The lowest BCUT2D eigenvalue weighted by atomic mass is 9.97. The van der Waals surface area contributed by atoms with Gasteiger partial charge in [-0.25, -0.2) is 0 Å². The Morgan fingerprint density at radius 3 is 2.59 bits per heavy atom. The van der Waals surface area contributed by atoms with E-state index in [0.29, 0.717) is 28.4 Å². The first-order valence-electron chi connectivity index (χ1n) is 10.1. The van der Waals surface area contributed by atoms with Crippen LogP contribution in [0.25, 0.3) is 5.76 Å². The number of aliphatic hydroxyl groups is 1. The number of anilines is 1. The number of aliphatic hydroxyl groups excluding tert-OH is 1. The van der Waals surface area contributed by atoms with Crippen LogP contribution >= 0.6 is 0 Å². The highest BCUT2D eigenvalue weighted by Crippen LogP contribution is 2.43. The number of hydrogen-bond donors (Lipinski definition) is 1. The number of fused-ring (bicyclic) bond motifs is 1. The summed E-state index contributed by atoms with van der Waals surface area (Å²) in [5.74, 6) is -0.749. The molecular formula is C25H20N2O5. The number of Topliss-reactive ketones (excluding diaryl/α,β-unsaturated/α-hetero) is 1. The van der Waals surface area contributed by atoms with Crippen LogP contribution in [0.4, 0.5) is 5.69 Å². The molecule has 160 valence electrons. The molecule has 2 aliphatic rings. The topological polar surface area (TPSA) is 89.0 Å². The minimum Gasteiger partial charge on any atom is -0.507 e. The van der Waals surface area contributed by atoms with Crippen LogP contribution in [-0.2, 0) is 9.59 Å². The van der Waals surface area contributed by atoms with Gasteiger partial charge in [-0.1, -0.05) is 23.8 Å². The quantitative estimate of drug-likeness (QED) is 0.385. The second-order valence-corrected chi connectivity index (χ2v) is 7.78. The number of pyridine rings is 1. The molecule has 3 heterocycles. The number of hydrogen-bond acceptors (Lipinski definition) is 6. The molecule has 32 heavy (non-hydrogen) atoms. The van der Waals surface area contributed by atoms with E-state index < -0.39 is 17.7 Å². The zero-order valence-corrected chi connectivity index (χ0v) is 17.5. The highest BCUT2D eigenvalue weighted by atomic mass is 16.7. The van der Waals surface area contributed by atoms with Crippen molar-refractivity contribution in [2.45, 2.75) is 19.9 Å². The Bertz CT molecular complexity index is 1280. The van der Waals surface area contributed by atoms with Gasteiger partial charge < -0.3 is 14.6 Å². The zero-order valence-electron chi connectivity index (χ0n) is 17.5. The average Bonchev–Trinajstić information content (AvgIpc) is 3.36. The number of aryl methyl sites for hydroxylation is 2. The van der Waals surface area contributed by atoms with Gasteiger partial charge in [0, 0.05) is 17.4 Å². The minimum atomic E-state index is -0.872. The van der Waals surface area contributed by atoms with Gasteiger partial charge >= 0.3 is 0 Å². The third-order valence-electron chi connectivity index (χ3n) is 5.67. The van der Waals surface area contributed by atoms with Crippen LogP contribution in [0.5, 0.6) is 11.5 Å². The standard InChI is InChI=1S/C25H20N2O5/c1-14-6-8-18(15(2)11-14)27-22(17-5-3-4-10-26-17)21(24(29)25(27)30)23(28)16-7-9-19-20(12-16)32-13-31-19/h3-12,22,28H,13H2,1-2H3/b23-21-. The minimum absolute atomic E-state index is 0.0208. The van der Waals surface area contributed by atoms with Crippen LogP contribution in [-0.4, -0.2) is 28.6 Å². The van der Waals surface area contributed by atoms with Crippen LogP contribution in [0.2, 0.25) is 0 Å². The van der Waals surface area contributed by atoms with Crippen molar-refractivity contribution < 1.29 is 24.2 Å². The molecule has 5 rings (SSSR count). The van der Waals surface area contributed by atoms with Gasteiger partial charge in [0.1, 0.15) is 11.8 Å². The van der Waals surface area contributed by atoms with Crippen LogP contribution in [0.3, 0.4) is 0 Å². The molecule has 0 aliphatic carbocycles. The van der Waals surface area contributed by atoms with E-state index in [4.69, 9.17) is 9.47 Å². The van der Waals surface area contributed by atoms with Gasteiger partial charge in [-0.3, -0.25) is 19.5 Å². The molecule has 1 unspecified atom stereocenters. The number of rotatable bonds is 3. The highest BCUT2D eigenvalue weighted by Gasteiger charge is 2.48. The molecule has 1 atom stereocenters. The number of carbonyl (C=O) groups is 2. The van der Waals surface area contributed by atoms with E-state index in [1.807, 2.05) is 32.0 Å². The fourth-order valence-corrected chi connectivity index (χ4v) is 4.17. The van der Waals surface area contributed by atoms with E-state index in [2.05, 4.69) is 4.98 Å². The number of ether oxygens (including phenoxy) is 2. The van der Waals surface area contributed by atoms with Crippen molar-refractivity contribution in [1.29, 1.82) is 0 Å². The Kier molecular flexibility index (Phi) is 4.66. The maximum atomic E-state index is 13.2. The molecule has 1 amide bonds. The summed E-state index contributed by atoms with van der Waals surface area (Å²) in [7, 11) is 0. The van der Waals surface area contributed by atoms with Gasteiger partial charge in [-0.2, -0.15) is 0 Å². The van der Waals surface area contributed by atoms with E-state index in [9.17, 15) is 14.7 Å². The fourth-order valence-electron chi connectivity index (χ4n) is 4.17. The lowest BCUT2D eigenvalue weighted by Gasteiger charge is -2.26. The molecule has 1 N–H and O–H groups in total. The van der Waals surface area contributed by atoms with Gasteiger partial charge in [-0.15, -0.1) is 0 Å². The summed E-state index contributed by atoms with van der Waals surface area (Å²) in [5, 5.41) is 11.2. The van der Waals surface area contributed by atoms with Crippen LogP contribution in [0.15, 0.2) is 66.4 Å². The van der Waals surface area contributed by atoms with Crippen molar-refractivity contribution >= 4 is 23.1 Å². The molecule has 0 radical (unpaired) electrons. The maximum absolute atomic E-state index is 13.2. The van der Waals surface area contributed by atoms with E-state index in [1.165, 1.54) is 4.90 Å². The number of ketones is 1. The molecule has 0 spiro atoms. The van der Waals surface area contributed by atoms with Crippen molar-refractivity contribution in [2.75, 3.05) is 11.7 Å². The molecule has 1 saturated heterocycles. The van der Waals surface area contributed by atoms with Crippen molar-refractivity contribution in [3.63, 3.8) is 0 Å². The SMILES string of the molecule is Cc1ccc(N2C(=O)C(=O)/C(=C(\O)c3ccc4c(c3)OCO4)C2c2ccccn2)c(C)c1. The van der Waals surface area contributed by atoms with Gasteiger partial charge in [0.05, 0.1) is 11.3 Å². The maximum Gasteiger partial charge on any atom is 0.300 e. The van der Waals surface area contributed by atoms with E-state index in [-0.39, 0.29) is 18.1 Å². The van der Waals surface area contributed by atoms with Crippen molar-refractivity contribution in [3.05, 3.63) is 88.8 Å². The normalized spacial score (nSPS) is 18.9. The van der Waals surface area contributed by atoms with Crippen LogP contribution < -0.4 is 14.4 Å². The molecule has 0 saturated carbocycles. The molecule has 2 aromatic carbocycles. The Morgan fingerprint density at radius 2 is 1.84 bits per heavy atom. The summed E-state index contributed by atoms with van der Waals surface area (Å²) < 4.78 is 10.7. The Morgan fingerprint density at radius 1 is 1.03 bits per heavy atom. The molecule has 1 aromatic heterocycles. The Hall–Kier alpha value is -4.13. The first-order chi connectivity index (χ1) is 15.5. The van der Waals surface area contributed by atoms with Crippen molar-refractivity contribution in [1.82, 2.24) is 4.98 Å². The molecule has 0 bridgehead atoms. The Labute approximate surface area is 184 Å². The lowest BCUT2D eigenvalue weighted by molar-refractivity contribution is -0.132. The zero-order chi connectivity index (χ0) is 22.4. The van der Waals surface area contributed by atoms with Crippen molar-refractivity contribution in [2.24, 2.45) is 0 Å². The number of carbonyl (C=O) groups excluding carboxylic acids is 2. The summed E-state index contributed by atoms with van der Waals surface area (Å²) in [6.07, 6.45) is 1.60. The molecule has 7 nitrogen and oxygen atoms in total. The summed E-state index contributed by atoms with van der Waals surface area (Å²) >= 11 is 0. The molecule has 7 heteroatoms. The summed E-state index contributed by atoms with van der Waals surface area (Å²) in [5.41, 5.74) is 3.29. The smallest absolute Gasteiger partial charge is 0.300 e. The molecule has 1 fully saturated rings. The predicted octanol–water partition coefficient (Wildman–Crippen LogP) is 4.05. The lowest BCUT2D eigenvalue weighted by Crippen LogP contribution is -2.30. The number of benzene rings is 2. The van der Waals surface area contributed by atoms with E-state index >= 15 is 0 Å². The first kappa shape index (κ1) is 19.8. The van der Waals surface area contributed by atoms with Crippen LogP contribution in [0, 0.1) is 13.8 Å². The van der Waals surface area contributed by atoms with E-state index in [1.54, 1.807) is 42.6 Å². The summed E-state index contributed by atoms with van der Waals surface area (Å²) in [4.78, 5) is 32.2. The molecular weight excluding hydrogens is 408 g/mol. The fraction of sp³-hybridized carbons (Fsp3) is 0.160. The summed E-state index contributed by atoms with van der Waals surface area (Å²) in [6.45, 7) is 3.93. The van der Waals surface area contributed by atoms with Gasteiger partial charge in [0.25, 0.3) is 11.7 Å². The second-order valence-electron chi connectivity index (χ2n) is 7.78. The average molecular weight is 428 g/mol. The number of nitrogens with zero attached hydrogens (tertiary/aromatic N) is 2. The van der Waals surface area contributed by atoms with Gasteiger partial charge in [0.15, 0.2) is 11.5 Å². The van der Waals surface area contributed by atoms with Gasteiger partial charge in [-0.05, 0) is 55.8 Å².